The van der Waals surface area contributed by atoms with Crippen LogP contribution < -0.4 is 4.74 Å². The van der Waals surface area contributed by atoms with Crippen LogP contribution in [0.5, 0.6) is 5.75 Å². The number of aliphatic hydroxyl groups excluding tert-OH is 1. The van der Waals surface area contributed by atoms with E-state index in [-0.39, 0.29) is 6.10 Å². The first-order valence-electron chi connectivity index (χ1n) is 5.63. The lowest BCUT2D eigenvalue weighted by Gasteiger charge is -2.17. The van der Waals surface area contributed by atoms with E-state index in [4.69, 9.17) is 4.74 Å². The van der Waals surface area contributed by atoms with Crippen LogP contribution in [0.2, 0.25) is 0 Å². The van der Waals surface area contributed by atoms with Crippen molar-refractivity contribution in [3.63, 3.8) is 0 Å². The lowest BCUT2D eigenvalue weighted by Crippen LogP contribution is -2.25. The maximum Gasteiger partial charge on any atom is 0.121 e. The fraction of sp³-hybridized carbons (Fsp3) is 0.538. The van der Waals surface area contributed by atoms with Gasteiger partial charge in [0.1, 0.15) is 11.9 Å². The normalized spacial score (nSPS) is 18.3. The van der Waals surface area contributed by atoms with Gasteiger partial charge in [0.05, 0.1) is 6.10 Å². The fourth-order valence-electron chi connectivity index (χ4n) is 1.93. The third-order valence-corrected chi connectivity index (χ3v) is 3.07. The molecule has 0 spiro atoms. The van der Waals surface area contributed by atoms with Gasteiger partial charge in [-0.1, -0.05) is 6.07 Å². The molecule has 2 nitrogen and oxygen atoms in total. The Labute approximate surface area is 90.9 Å². The van der Waals surface area contributed by atoms with Crippen LogP contribution in [-0.2, 0) is 12.8 Å². The first kappa shape index (κ1) is 10.5. The minimum atomic E-state index is -0.432. The molecule has 0 saturated carbocycles. The lowest BCUT2D eigenvalue weighted by atomic mass is 10.1. The predicted molar refractivity (Wildman–Crippen MR) is 60.2 cm³/mol. The molecule has 2 heteroatoms. The topological polar surface area (TPSA) is 29.5 Å². The largest absolute Gasteiger partial charge is 0.488 e. The second kappa shape index (κ2) is 4.23. The summed E-state index contributed by atoms with van der Waals surface area (Å²) in [6, 6.07) is 6.26. The lowest BCUT2D eigenvalue weighted by molar-refractivity contribution is 0.0604. The summed E-state index contributed by atoms with van der Waals surface area (Å²) in [6.07, 6.45) is 3.03. The molecule has 0 aromatic heterocycles. The van der Waals surface area contributed by atoms with Gasteiger partial charge in [-0.15, -0.1) is 0 Å². The number of aliphatic hydroxyl groups is 1. The first-order valence-corrected chi connectivity index (χ1v) is 5.63. The molecule has 1 aliphatic carbocycles. The van der Waals surface area contributed by atoms with Crippen molar-refractivity contribution >= 4 is 0 Å². The molecule has 0 heterocycles. The molecule has 15 heavy (non-hydrogen) atoms. The van der Waals surface area contributed by atoms with Gasteiger partial charge in [-0.05, 0) is 56.4 Å². The van der Waals surface area contributed by atoms with Crippen LogP contribution in [-0.4, -0.2) is 17.3 Å². The highest BCUT2D eigenvalue weighted by molar-refractivity contribution is 5.38. The zero-order valence-corrected chi connectivity index (χ0v) is 9.36. The summed E-state index contributed by atoms with van der Waals surface area (Å²) in [7, 11) is 0. The summed E-state index contributed by atoms with van der Waals surface area (Å²) in [6.45, 7) is 3.63. The van der Waals surface area contributed by atoms with Crippen molar-refractivity contribution in [3.05, 3.63) is 29.3 Å². The number of fused-ring (bicyclic) bond motifs is 1. The Kier molecular flexibility index (Phi) is 2.96. The number of hydrogen-bond acceptors (Lipinski definition) is 2. The summed E-state index contributed by atoms with van der Waals surface area (Å²) in [5.41, 5.74) is 2.86. The molecule has 1 unspecified atom stereocenters. The van der Waals surface area contributed by atoms with Crippen LogP contribution >= 0.6 is 0 Å². The molecule has 1 aromatic carbocycles. The molecule has 0 aliphatic heterocycles. The predicted octanol–water partition coefficient (Wildman–Crippen LogP) is 2.32. The first-order chi connectivity index (χ1) is 7.16. The molecular formula is C13H18O2. The van der Waals surface area contributed by atoms with Crippen molar-refractivity contribution in [2.45, 2.75) is 45.3 Å². The summed E-state index contributed by atoms with van der Waals surface area (Å²) in [4.78, 5) is 0. The van der Waals surface area contributed by atoms with E-state index in [0.29, 0.717) is 0 Å². The fourth-order valence-corrected chi connectivity index (χ4v) is 1.93. The van der Waals surface area contributed by atoms with E-state index in [1.54, 1.807) is 6.92 Å². The molecule has 0 saturated heterocycles. The quantitative estimate of drug-likeness (QED) is 0.822. The highest BCUT2D eigenvalue weighted by atomic mass is 16.5. The number of rotatable bonds is 3. The van der Waals surface area contributed by atoms with Gasteiger partial charge in [-0.25, -0.2) is 0 Å². The molecule has 2 atom stereocenters. The van der Waals surface area contributed by atoms with Crippen molar-refractivity contribution in [1.29, 1.82) is 0 Å². The van der Waals surface area contributed by atoms with Gasteiger partial charge in [-0.3, -0.25) is 0 Å². The van der Waals surface area contributed by atoms with Crippen molar-refractivity contribution in [1.82, 2.24) is 0 Å². The minimum Gasteiger partial charge on any atom is -0.488 e. The maximum absolute atomic E-state index is 9.35. The Morgan fingerprint density at radius 3 is 2.67 bits per heavy atom. The van der Waals surface area contributed by atoms with Gasteiger partial charge in [0.2, 0.25) is 0 Å². The third-order valence-electron chi connectivity index (χ3n) is 3.07. The second-order valence-electron chi connectivity index (χ2n) is 4.35. The van der Waals surface area contributed by atoms with Crippen LogP contribution in [0.3, 0.4) is 0 Å². The Morgan fingerprint density at radius 2 is 1.93 bits per heavy atom. The van der Waals surface area contributed by atoms with Crippen molar-refractivity contribution in [3.8, 4) is 5.75 Å². The van der Waals surface area contributed by atoms with E-state index in [2.05, 4.69) is 12.1 Å². The SMILES string of the molecule is CC(Oc1ccc2c(c1)CCC2)[C@@H](C)O. The Morgan fingerprint density at radius 1 is 1.20 bits per heavy atom. The minimum absolute atomic E-state index is 0.149. The Balaban J connectivity index is 2.10. The second-order valence-corrected chi connectivity index (χ2v) is 4.35. The molecule has 0 amide bonds. The molecule has 1 aliphatic rings. The summed E-state index contributed by atoms with van der Waals surface area (Å²) >= 11 is 0. The molecule has 0 fully saturated rings. The van der Waals surface area contributed by atoms with Gasteiger partial charge in [0.15, 0.2) is 0 Å². The number of ether oxygens (including phenoxy) is 1. The van der Waals surface area contributed by atoms with Crippen LogP contribution in [0.25, 0.3) is 0 Å². The summed E-state index contributed by atoms with van der Waals surface area (Å²) in [5, 5.41) is 9.35. The van der Waals surface area contributed by atoms with E-state index < -0.39 is 6.10 Å². The molecule has 1 aromatic rings. The van der Waals surface area contributed by atoms with Gasteiger partial charge in [0, 0.05) is 0 Å². The number of benzene rings is 1. The van der Waals surface area contributed by atoms with E-state index in [0.717, 1.165) is 12.2 Å². The molecule has 1 N–H and O–H groups in total. The molecule has 2 rings (SSSR count). The highest BCUT2D eigenvalue weighted by Crippen LogP contribution is 2.26. The Bertz CT molecular complexity index is 344. The van der Waals surface area contributed by atoms with Crippen LogP contribution in [0.15, 0.2) is 18.2 Å². The molecule has 0 bridgehead atoms. The summed E-state index contributed by atoms with van der Waals surface area (Å²) < 4.78 is 5.65. The molecule has 0 radical (unpaired) electrons. The molecule has 82 valence electrons. The van der Waals surface area contributed by atoms with E-state index in [1.165, 1.54) is 24.0 Å². The summed E-state index contributed by atoms with van der Waals surface area (Å²) in [5.74, 6) is 0.879. The van der Waals surface area contributed by atoms with Crippen LogP contribution in [0.1, 0.15) is 31.4 Å². The van der Waals surface area contributed by atoms with Crippen LogP contribution in [0, 0.1) is 0 Å². The highest BCUT2D eigenvalue weighted by Gasteiger charge is 2.14. The zero-order chi connectivity index (χ0) is 10.8. The van der Waals surface area contributed by atoms with Gasteiger partial charge >= 0.3 is 0 Å². The monoisotopic (exact) mass is 206 g/mol. The van der Waals surface area contributed by atoms with E-state index >= 15 is 0 Å². The molecular weight excluding hydrogens is 188 g/mol. The number of aryl methyl sites for hydroxylation is 2. The maximum atomic E-state index is 9.35. The zero-order valence-electron chi connectivity index (χ0n) is 9.36. The van der Waals surface area contributed by atoms with Crippen molar-refractivity contribution in [2.24, 2.45) is 0 Å². The average molecular weight is 206 g/mol. The smallest absolute Gasteiger partial charge is 0.121 e. The van der Waals surface area contributed by atoms with Gasteiger partial charge < -0.3 is 9.84 Å². The average Bonchev–Trinajstić information content (AvgIpc) is 2.64. The standard InChI is InChI=1S/C13H18O2/c1-9(14)10(2)15-13-7-6-11-4-3-5-12(11)8-13/h6-10,14H,3-5H2,1-2H3/t9-,10?/m1/s1. The Hall–Kier alpha value is -1.02. The van der Waals surface area contributed by atoms with E-state index in [9.17, 15) is 5.11 Å². The van der Waals surface area contributed by atoms with Gasteiger partial charge in [0.25, 0.3) is 0 Å². The number of hydrogen-bond donors (Lipinski definition) is 1. The van der Waals surface area contributed by atoms with E-state index in [1.807, 2.05) is 13.0 Å². The third kappa shape index (κ3) is 2.32. The van der Waals surface area contributed by atoms with Crippen molar-refractivity contribution in [2.75, 3.05) is 0 Å². The van der Waals surface area contributed by atoms with Crippen LogP contribution in [0.4, 0.5) is 0 Å². The van der Waals surface area contributed by atoms with Crippen molar-refractivity contribution < 1.29 is 9.84 Å². The van der Waals surface area contributed by atoms with Gasteiger partial charge in [-0.2, -0.15) is 0 Å².